The van der Waals surface area contributed by atoms with Crippen LogP contribution in [0.4, 0.5) is 0 Å². The molecule has 1 aliphatic rings. The molecule has 0 heterocycles. The minimum absolute atomic E-state index is 0.823. The van der Waals surface area contributed by atoms with Crippen molar-refractivity contribution in [2.45, 2.75) is 51.4 Å². The highest BCUT2D eigenvalue weighted by Gasteiger charge is 2.18. The number of rotatable bonds is 6. The molecule has 1 aliphatic carbocycles. The van der Waals surface area contributed by atoms with Crippen LogP contribution >= 0.6 is 0 Å². The first-order valence-corrected chi connectivity index (χ1v) is 7.20. The Balaban J connectivity index is 1.82. The van der Waals surface area contributed by atoms with Crippen LogP contribution < -0.4 is 5.32 Å². The highest BCUT2D eigenvalue weighted by atomic mass is 14.8. The summed E-state index contributed by atoms with van der Waals surface area (Å²) in [5.74, 6) is 0.823. The molecule has 17 heavy (non-hydrogen) atoms. The summed E-state index contributed by atoms with van der Waals surface area (Å²) in [5, 5.41) is 3.50. The van der Waals surface area contributed by atoms with Crippen molar-refractivity contribution in [2.24, 2.45) is 0 Å². The van der Waals surface area contributed by atoms with Gasteiger partial charge in [0.1, 0.15) is 0 Å². The van der Waals surface area contributed by atoms with Crippen molar-refractivity contribution in [3.05, 3.63) is 35.4 Å². The van der Waals surface area contributed by atoms with Crippen LogP contribution in [0.15, 0.2) is 24.3 Å². The smallest absolute Gasteiger partial charge is 0.00487 e. The Bertz CT molecular complexity index is 332. The van der Waals surface area contributed by atoms with Gasteiger partial charge in [0.25, 0.3) is 0 Å². The summed E-state index contributed by atoms with van der Waals surface area (Å²) < 4.78 is 0. The fourth-order valence-electron chi connectivity index (χ4n) is 2.93. The summed E-state index contributed by atoms with van der Waals surface area (Å²) >= 11 is 0. The minimum Gasteiger partial charge on any atom is -0.317 e. The number of hydrogen-bond acceptors (Lipinski definition) is 1. The molecular weight excluding hydrogens is 206 g/mol. The molecule has 1 heteroatoms. The third-order valence-corrected chi connectivity index (χ3v) is 3.83. The number of benzene rings is 1. The van der Waals surface area contributed by atoms with Gasteiger partial charge in [-0.3, -0.25) is 0 Å². The molecule has 0 amide bonds. The Morgan fingerprint density at radius 3 is 3.00 bits per heavy atom. The van der Waals surface area contributed by atoms with Crippen LogP contribution in [0.2, 0.25) is 0 Å². The molecule has 1 aromatic rings. The fraction of sp³-hybridized carbons (Fsp3) is 0.625. The SMILES string of the molecule is CCCNCCCC1CCCc2ccccc21. The Morgan fingerprint density at radius 1 is 1.24 bits per heavy atom. The quantitative estimate of drug-likeness (QED) is 0.732. The highest BCUT2D eigenvalue weighted by molar-refractivity contribution is 5.32. The van der Waals surface area contributed by atoms with Crippen molar-refractivity contribution in [3.63, 3.8) is 0 Å². The molecule has 0 bridgehead atoms. The summed E-state index contributed by atoms with van der Waals surface area (Å²) in [6.07, 6.45) is 7.98. The average molecular weight is 231 g/mol. The van der Waals surface area contributed by atoms with E-state index in [9.17, 15) is 0 Å². The van der Waals surface area contributed by atoms with E-state index in [1.165, 1.54) is 51.6 Å². The van der Waals surface area contributed by atoms with E-state index in [0.29, 0.717) is 0 Å². The zero-order valence-corrected chi connectivity index (χ0v) is 11.0. The molecular formula is C16H25N. The van der Waals surface area contributed by atoms with Gasteiger partial charge in [0.15, 0.2) is 0 Å². The Hall–Kier alpha value is -0.820. The monoisotopic (exact) mass is 231 g/mol. The zero-order valence-electron chi connectivity index (χ0n) is 11.0. The van der Waals surface area contributed by atoms with Gasteiger partial charge in [0.2, 0.25) is 0 Å². The second-order valence-electron chi connectivity index (χ2n) is 5.18. The lowest BCUT2D eigenvalue weighted by Gasteiger charge is -2.25. The van der Waals surface area contributed by atoms with Gasteiger partial charge >= 0.3 is 0 Å². The molecule has 1 unspecified atom stereocenters. The van der Waals surface area contributed by atoms with Crippen LogP contribution in [0.1, 0.15) is 56.1 Å². The highest BCUT2D eigenvalue weighted by Crippen LogP contribution is 2.34. The molecule has 0 radical (unpaired) electrons. The van der Waals surface area contributed by atoms with Gasteiger partial charge in [-0.1, -0.05) is 31.2 Å². The predicted molar refractivity (Wildman–Crippen MR) is 74.5 cm³/mol. The second kappa shape index (κ2) is 6.80. The normalized spacial score (nSPS) is 19.0. The number of nitrogens with one attached hydrogen (secondary N) is 1. The summed E-state index contributed by atoms with van der Waals surface area (Å²) in [4.78, 5) is 0. The van der Waals surface area contributed by atoms with E-state index in [1.54, 1.807) is 11.1 Å². The average Bonchev–Trinajstić information content (AvgIpc) is 2.39. The van der Waals surface area contributed by atoms with Crippen molar-refractivity contribution in [1.29, 1.82) is 0 Å². The van der Waals surface area contributed by atoms with Crippen molar-refractivity contribution >= 4 is 0 Å². The van der Waals surface area contributed by atoms with Gasteiger partial charge in [-0.25, -0.2) is 0 Å². The van der Waals surface area contributed by atoms with E-state index in [0.717, 1.165) is 5.92 Å². The van der Waals surface area contributed by atoms with E-state index >= 15 is 0 Å². The standard InChI is InChI=1S/C16H25N/c1-2-12-17-13-6-10-15-9-5-8-14-7-3-4-11-16(14)15/h3-4,7,11,15,17H,2,5-6,8-10,12-13H2,1H3. The third kappa shape index (κ3) is 3.57. The van der Waals surface area contributed by atoms with E-state index in [4.69, 9.17) is 0 Å². The third-order valence-electron chi connectivity index (χ3n) is 3.83. The maximum atomic E-state index is 3.50. The number of fused-ring (bicyclic) bond motifs is 1. The second-order valence-corrected chi connectivity index (χ2v) is 5.18. The van der Waals surface area contributed by atoms with Gasteiger partial charge in [-0.2, -0.15) is 0 Å². The van der Waals surface area contributed by atoms with Gasteiger partial charge in [-0.05, 0) is 68.7 Å². The first-order chi connectivity index (χ1) is 8.42. The first-order valence-electron chi connectivity index (χ1n) is 7.20. The summed E-state index contributed by atoms with van der Waals surface area (Å²) in [5.41, 5.74) is 3.24. The van der Waals surface area contributed by atoms with Crippen molar-refractivity contribution in [2.75, 3.05) is 13.1 Å². The first kappa shape index (κ1) is 12.6. The van der Waals surface area contributed by atoms with Crippen molar-refractivity contribution in [3.8, 4) is 0 Å². The van der Waals surface area contributed by atoms with Crippen LogP contribution in [0, 0.1) is 0 Å². The molecule has 0 aliphatic heterocycles. The molecule has 1 nitrogen and oxygen atoms in total. The van der Waals surface area contributed by atoms with E-state index in [2.05, 4.69) is 36.5 Å². The van der Waals surface area contributed by atoms with Crippen molar-refractivity contribution in [1.82, 2.24) is 5.32 Å². The zero-order chi connectivity index (χ0) is 11.9. The molecule has 0 saturated heterocycles. The van der Waals surface area contributed by atoms with E-state index in [-0.39, 0.29) is 0 Å². The van der Waals surface area contributed by atoms with Crippen molar-refractivity contribution < 1.29 is 0 Å². The van der Waals surface area contributed by atoms with Gasteiger partial charge in [-0.15, -0.1) is 0 Å². The van der Waals surface area contributed by atoms with Gasteiger partial charge in [0, 0.05) is 0 Å². The largest absolute Gasteiger partial charge is 0.317 e. The molecule has 94 valence electrons. The molecule has 0 fully saturated rings. The summed E-state index contributed by atoms with van der Waals surface area (Å²) in [6.45, 7) is 4.58. The number of hydrogen-bond donors (Lipinski definition) is 1. The predicted octanol–water partition coefficient (Wildman–Crippen LogP) is 3.89. The lowest BCUT2D eigenvalue weighted by molar-refractivity contribution is 0.491. The van der Waals surface area contributed by atoms with Crippen LogP contribution in [-0.2, 0) is 6.42 Å². The summed E-state index contributed by atoms with van der Waals surface area (Å²) in [6, 6.07) is 9.05. The Labute approximate surface area is 106 Å². The van der Waals surface area contributed by atoms with E-state index in [1.807, 2.05) is 0 Å². The summed E-state index contributed by atoms with van der Waals surface area (Å²) in [7, 11) is 0. The molecule has 0 spiro atoms. The molecule has 0 aromatic heterocycles. The van der Waals surface area contributed by atoms with Crippen LogP contribution in [0.3, 0.4) is 0 Å². The number of aryl methyl sites for hydroxylation is 1. The van der Waals surface area contributed by atoms with Gasteiger partial charge < -0.3 is 5.32 Å². The molecule has 0 saturated carbocycles. The van der Waals surface area contributed by atoms with Crippen LogP contribution in [-0.4, -0.2) is 13.1 Å². The maximum absolute atomic E-state index is 3.50. The lowest BCUT2D eigenvalue weighted by atomic mass is 9.80. The van der Waals surface area contributed by atoms with Crippen LogP contribution in [0.5, 0.6) is 0 Å². The Morgan fingerprint density at radius 2 is 2.12 bits per heavy atom. The Kier molecular flexibility index (Phi) is 5.06. The molecule has 2 rings (SSSR count). The topological polar surface area (TPSA) is 12.0 Å². The van der Waals surface area contributed by atoms with Crippen LogP contribution in [0.25, 0.3) is 0 Å². The minimum atomic E-state index is 0.823. The van der Waals surface area contributed by atoms with E-state index < -0.39 is 0 Å². The maximum Gasteiger partial charge on any atom is -0.00487 e. The lowest BCUT2D eigenvalue weighted by Crippen LogP contribution is -2.17. The molecule has 1 N–H and O–H groups in total. The van der Waals surface area contributed by atoms with Gasteiger partial charge in [0.05, 0.1) is 0 Å². The molecule has 1 atom stereocenters. The fourth-order valence-corrected chi connectivity index (χ4v) is 2.93. The molecule has 1 aromatic carbocycles.